The lowest BCUT2D eigenvalue weighted by Crippen LogP contribution is -2.39. The van der Waals surface area contributed by atoms with Crippen molar-refractivity contribution < 1.29 is 9.53 Å². The predicted molar refractivity (Wildman–Crippen MR) is 123 cm³/mol. The second-order valence-electron chi connectivity index (χ2n) is 7.40. The number of likely N-dealkylation sites (tertiary alicyclic amines) is 2. The fourth-order valence-corrected chi connectivity index (χ4v) is 3.89. The van der Waals surface area contributed by atoms with Crippen LogP contribution in [0.1, 0.15) is 37.3 Å². The van der Waals surface area contributed by atoms with E-state index < -0.39 is 0 Å². The molecule has 7 heteroatoms. The number of aliphatic imine (C=N–C) groups is 1. The van der Waals surface area contributed by atoms with Gasteiger partial charge in [-0.25, -0.2) is 0 Å². The van der Waals surface area contributed by atoms with Crippen molar-refractivity contribution in [2.24, 2.45) is 10.9 Å². The zero-order valence-electron chi connectivity index (χ0n) is 17.0. The smallest absolute Gasteiger partial charge is 0.222 e. The number of guanidine groups is 1. The van der Waals surface area contributed by atoms with Crippen LogP contribution < -0.4 is 5.32 Å². The van der Waals surface area contributed by atoms with E-state index in [9.17, 15) is 4.79 Å². The lowest BCUT2D eigenvalue weighted by atomic mass is 10.1. The SMILES string of the molecule is CCOCC1CCN(C(=NC)NCc2cccc(CN3CCCC3=O)c2)C1.I. The summed E-state index contributed by atoms with van der Waals surface area (Å²) < 4.78 is 5.57. The largest absolute Gasteiger partial charge is 0.381 e. The molecule has 1 amide bonds. The number of nitrogens with zero attached hydrogens (tertiary/aromatic N) is 3. The van der Waals surface area contributed by atoms with E-state index in [1.807, 2.05) is 18.9 Å². The first-order valence-electron chi connectivity index (χ1n) is 10.1. The summed E-state index contributed by atoms with van der Waals surface area (Å²) >= 11 is 0. The number of carbonyl (C=O) groups excluding carboxylic acids is 1. The predicted octanol–water partition coefficient (Wildman–Crippen LogP) is 2.86. The van der Waals surface area contributed by atoms with E-state index in [0.717, 1.165) is 58.2 Å². The molecule has 0 bridgehead atoms. The van der Waals surface area contributed by atoms with Crippen molar-refractivity contribution in [2.75, 3.05) is 39.9 Å². The van der Waals surface area contributed by atoms with Gasteiger partial charge in [0.25, 0.3) is 0 Å². The second kappa shape index (κ2) is 11.6. The van der Waals surface area contributed by atoms with Gasteiger partial charge in [0, 0.05) is 58.7 Å². The maximum Gasteiger partial charge on any atom is 0.222 e. The fourth-order valence-electron chi connectivity index (χ4n) is 3.89. The molecule has 0 radical (unpaired) electrons. The van der Waals surface area contributed by atoms with Gasteiger partial charge in [0.05, 0.1) is 6.61 Å². The molecule has 6 nitrogen and oxygen atoms in total. The summed E-state index contributed by atoms with van der Waals surface area (Å²) in [5.41, 5.74) is 2.41. The van der Waals surface area contributed by atoms with E-state index >= 15 is 0 Å². The van der Waals surface area contributed by atoms with Crippen LogP contribution in [-0.2, 0) is 22.6 Å². The summed E-state index contributed by atoms with van der Waals surface area (Å²) in [5.74, 6) is 1.81. The van der Waals surface area contributed by atoms with E-state index in [2.05, 4.69) is 39.5 Å². The highest BCUT2D eigenvalue weighted by atomic mass is 127. The van der Waals surface area contributed by atoms with Crippen LogP contribution in [0.2, 0.25) is 0 Å². The molecule has 1 aromatic carbocycles. The Kier molecular flexibility index (Phi) is 9.50. The molecule has 0 aromatic heterocycles. The van der Waals surface area contributed by atoms with Gasteiger partial charge >= 0.3 is 0 Å². The number of amides is 1. The van der Waals surface area contributed by atoms with Crippen LogP contribution in [0, 0.1) is 5.92 Å². The Morgan fingerprint density at radius 2 is 2.14 bits per heavy atom. The molecular weight excluding hydrogens is 467 g/mol. The Hall–Kier alpha value is -1.35. The van der Waals surface area contributed by atoms with Crippen molar-refractivity contribution in [3.05, 3.63) is 35.4 Å². The van der Waals surface area contributed by atoms with Crippen molar-refractivity contribution in [3.8, 4) is 0 Å². The quantitative estimate of drug-likeness (QED) is 0.356. The topological polar surface area (TPSA) is 57.2 Å². The molecule has 0 aliphatic carbocycles. The monoisotopic (exact) mass is 500 g/mol. The van der Waals surface area contributed by atoms with Crippen molar-refractivity contribution in [1.82, 2.24) is 15.1 Å². The average Bonchev–Trinajstić information content (AvgIpc) is 3.30. The van der Waals surface area contributed by atoms with Crippen LogP contribution >= 0.6 is 24.0 Å². The number of ether oxygens (including phenoxy) is 1. The van der Waals surface area contributed by atoms with Crippen LogP contribution in [-0.4, -0.2) is 61.6 Å². The Morgan fingerprint density at radius 1 is 1.32 bits per heavy atom. The van der Waals surface area contributed by atoms with Gasteiger partial charge in [0.15, 0.2) is 5.96 Å². The van der Waals surface area contributed by atoms with Gasteiger partial charge in [0.1, 0.15) is 0 Å². The minimum absolute atomic E-state index is 0. The number of hydrogen-bond acceptors (Lipinski definition) is 3. The average molecular weight is 500 g/mol. The van der Waals surface area contributed by atoms with Gasteiger partial charge in [-0.1, -0.05) is 24.3 Å². The molecular formula is C21H33IN4O2. The van der Waals surface area contributed by atoms with Gasteiger partial charge in [-0.05, 0) is 30.9 Å². The zero-order valence-corrected chi connectivity index (χ0v) is 19.4. The van der Waals surface area contributed by atoms with Crippen LogP contribution in [0.3, 0.4) is 0 Å². The van der Waals surface area contributed by atoms with Gasteiger partial charge in [-0.2, -0.15) is 0 Å². The number of nitrogens with one attached hydrogen (secondary N) is 1. The summed E-state index contributed by atoms with van der Waals surface area (Å²) in [6.45, 7) is 8.01. The normalized spacial score (nSPS) is 19.9. The van der Waals surface area contributed by atoms with E-state index in [1.165, 1.54) is 11.1 Å². The molecule has 3 rings (SSSR count). The Balaban J connectivity index is 0.00000280. The number of halogens is 1. The summed E-state index contributed by atoms with van der Waals surface area (Å²) in [5, 5.41) is 3.49. The third-order valence-electron chi connectivity index (χ3n) is 5.34. The summed E-state index contributed by atoms with van der Waals surface area (Å²) in [4.78, 5) is 20.6. The third kappa shape index (κ3) is 6.34. The third-order valence-corrected chi connectivity index (χ3v) is 5.34. The highest BCUT2D eigenvalue weighted by Gasteiger charge is 2.25. The second-order valence-corrected chi connectivity index (χ2v) is 7.40. The highest BCUT2D eigenvalue weighted by Crippen LogP contribution is 2.17. The van der Waals surface area contributed by atoms with E-state index in [4.69, 9.17) is 4.74 Å². The molecule has 1 atom stereocenters. The minimum Gasteiger partial charge on any atom is -0.381 e. The van der Waals surface area contributed by atoms with Gasteiger partial charge < -0.3 is 19.9 Å². The first kappa shape index (κ1) is 22.9. The molecule has 0 saturated carbocycles. The molecule has 2 saturated heterocycles. The number of benzene rings is 1. The molecule has 2 aliphatic heterocycles. The molecule has 1 unspecified atom stereocenters. The molecule has 28 heavy (non-hydrogen) atoms. The molecule has 1 N–H and O–H groups in total. The van der Waals surface area contributed by atoms with Gasteiger partial charge in [0.2, 0.25) is 5.91 Å². The van der Waals surface area contributed by atoms with E-state index in [0.29, 0.717) is 18.9 Å². The molecule has 2 heterocycles. The number of rotatable bonds is 7. The standard InChI is InChI=1S/C21H32N4O2.HI/c1-3-27-16-19-9-11-25(15-19)21(22-2)23-13-17-6-4-7-18(12-17)14-24-10-5-8-20(24)26;/h4,6-7,12,19H,3,5,8-11,13-16H2,1-2H3,(H,22,23);1H. The van der Waals surface area contributed by atoms with Crippen LogP contribution in [0.5, 0.6) is 0 Å². The maximum absolute atomic E-state index is 11.8. The van der Waals surface area contributed by atoms with Crippen molar-refractivity contribution in [1.29, 1.82) is 0 Å². The van der Waals surface area contributed by atoms with Crippen LogP contribution in [0.4, 0.5) is 0 Å². The van der Waals surface area contributed by atoms with Crippen molar-refractivity contribution >= 4 is 35.8 Å². The highest BCUT2D eigenvalue weighted by molar-refractivity contribution is 14.0. The maximum atomic E-state index is 11.8. The van der Waals surface area contributed by atoms with E-state index in [1.54, 1.807) is 0 Å². The van der Waals surface area contributed by atoms with E-state index in [-0.39, 0.29) is 29.9 Å². The molecule has 156 valence electrons. The Morgan fingerprint density at radius 3 is 2.86 bits per heavy atom. The molecule has 2 aliphatic rings. The zero-order chi connectivity index (χ0) is 19.1. The summed E-state index contributed by atoms with van der Waals surface area (Å²) in [7, 11) is 1.84. The van der Waals surface area contributed by atoms with Crippen molar-refractivity contribution in [2.45, 2.75) is 39.3 Å². The lowest BCUT2D eigenvalue weighted by Gasteiger charge is -2.22. The molecule has 1 aromatic rings. The van der Waals surface area contributed by atoms with Gasteiger partial charge in [-0.3, -0.25) is 9.79 Å². The molecule has 2 fully saturated rings. The number of hydrogen-bond donors (Lipinski definition) is 1. The fraction of sp³-hybridized carbons (Fsp3) is 0.619. The molecule has 0 spiro atoms. The summed E-state index contributed by atoms with van der Waals surface area (Å²) in [6.07, 6.45) is 2.83. The van der Waals surface area contributed by atoms with Gasteiger partial charge in [-0.15, -0.1) is 24.0 Å². The lowest BCUT2D eigenvalue weighted by molar-refractivity contribution is -0.128. The Labute approximate surface area is 185 Å². The first-order valence-corrected chi connectivity index (χ1v) is 10.1. The van der Waals surface area contributed by atoms with Crippen LogP contribution in [0.25, 0.3) is 0 Å². The van der Waals surface area contributed by atoms with Crippen LogP contribution in [0.15, 0.2) is 29.3 Å². The number of carbonyl (C=O) groups is 1. The van der Waals surface area contributed by atoms with Crippen molar-refractivity contribution in [3.63, 3.8) is 0 Å². The summed E-state index contributed by atoms with van der Waals surface area (Å²) in [6, 6.07) is 8.48. The minimum atomic E-state index is 0. The first-order chi connectivity index (χ1) is 13.2. The Bertz CT molecular complexity index is 668.